The average molecular weight is 519 g/mol. The Hall–Kier alpha value is -4.46. The van der Waals surface area contributed by atoms with Crippen LogP contribution in [0.2, 0.25) is 0 Å². The minimum absolute atomic E-state index is 0.0144. The standard InChI is InChI=1S/C23H30N6O8/c24-14(5-7-18(25)30)21(34)29-16(6-8-20(32)33)22(35)27-11-19(31)28-17(23(36)37)9-12-10-26-15-4-2-1-3-13(12)15/h1-4,10,14,16-17,26H,5-9,11,24H2,(H2,25,30)(H,27,35)(H,28,31)(H,29,34)(H,32,33)(H,36,37). The summed E-state index contributed by atoms with van der Waals surface area (Å²) in [7, 11) is 0. The van der Waals surface area contributed by atoms with Crippen molar-refractivity contribution in [3.63, 3.8) is 0 Å². The molecule has 0 aliphatic heterocycles. The van der Waals surface area contributed by atoms with E-state index in [2.05, 4.69) is 20.9 Å². The normalized spacial score (nSPS) is 13.2. The number of primary amides is 1. The molecule has 4 amide bonds. The summed E-state index contributed by atoms with van der Waals surface area (Å²) in [5.74, 6) is -5.64. The molecule has 2 rings (SSSR count). The molecule has 10 N–H and O–H groups in total. The molecule has 0 bridgehead atoms. The summed E-state index contributed by atoms with van der Waals surface area (Å²) in [6.07, 6.45) is 0.633. The maximum Gasteiger partial charge on any atom is 0.326 e. The molecule has 0 spiro atoms. The number of hydrogen-bond donors (Lipinski definition) is 8. The first-order valence-corrected chi connectivity index (χ1v) is 11.4. The smallest absolute Gasteiger partial charge is 0.326 e. The molecular weight excluding hydrogens is 488 g/mol. The number of H-pyrrole nitrogens is 1. The van der Waals surface area contributed by atoms with Crippen LogP contribution in [-0.2, 0) is 35.2 Å². The van der Waals surface area contributed by atoms with Gasteiger partial charge in [0, 0.05) is 36.4 Å². The number of carbonyl (C=O) groups is 6. The summed E-state index contributed by atoms with van der Waals surface area (Å²) < 4.78 is 0. The lowest BCUT2D eigenvalue weighted by Gasteiger charge is -2.20. The first kappa shape index (κ1) is 28.8. The number of fused-ring (bicyclic) bond motifs is 1. The highest BCUT2D eigenvalue weighted by molar-refractivity contribution is 5.93. The SMILES string of the molecule is NC(=O)CCC(N)C(=O)NC(CCC(=O)O)C(=O)NCC(=O)NC(Cc1c[nH]c2ccccc12)C(=O)O. The number of rotatable bonds is 15. The van der Waals surface area contributed by atoms with Gasteiger partial charge in [-0.15, -0.1) is 0 Å². The summed E-state index contributed by atoms with van der Waals surface area (Å²) in [5.41, 5.74) is 12.2. The molecule has 0 fully saturated rings. The molecule has 2 aromatic rings. The van der Waals surface area contributed by atoms with Gasteiger partial charge in [-0.3, -0.25) is 24.0 Å². The molecule has 1 aromatic heterocycles. The van der Waals surface area contributed by atoms with Gasteiger partial charge in [0.1, 0.15) is 12.1 Å². The van der Waals surface area contributed by atoms with Crippen LogP contribution < -0.4 is 27.4 Å². The van der Waals surface area contributed by atoms with E-state index >= 15 is 0 Å². The largest absolute Gasteiger partial charge is 0.481 e. The molecule has 3 atom stereocenters. The van der Waals surface area contributed by atoms with Crippen molar-refractivity contribution in [2.24, 2.45) is 11.5 Å². The summed E-state index contributed by atoms with van der Waals surface area (Å²) in [6, 6.07) is 3.47. The number of nitrogens with one attached hydrogen (secondary N) is 4. The number of carboxylic acids is 2. The van der Waals surface area contributed by atoms with E-state index in [4.69, 9.17) is 16.6 Å². The zero-order valence-corrected chi connectivity index (χ0v) is 19.9. The second-order valence-corrected chi connectivity index (χ2v) is 8.34. The number of benzene rings is 1. The molecule has 0 aliphatic rings. The van der Waals surface area contributed by atoms with Gasteiger partial charge in [-0.1, -0.05) is 18.2 Å². The molecule has 37 heavy (non-hydrogen) atoms. The fraction of sp³-hybridized carbons (Fsp3) is 0.391. The van der Waals surface area contributed by atoms with Crippen LogP contribution in [0.1, 0.15) is 31.2 Å². The van der Waals surface area contributed by atoms with Gasteiger partial charge in [0.25, 0.3) is 0 Å². The Morgan fingerprint density at radius 2 is 1.62 bits per heavy atom. The Balaban J connectivity index is 1.96. The predicted molar refractivity (Wildman–Crippen MR) is 130 cm³/mol. The van der Waals surface area contributed by atoms with Gasteiger partial charge in [0.2, 0.25) is 23.6 Å². The van der Waals surface area contributed by atoms with Crippen LogP contribution in [0.25, 0.3) is 10.9 Å². The van der Waals surface area contributed by atoms with Crippen molar-refractivity contribution in [1.29, 1.82) is 0 Å². The minimum atomic E-state index is -1.34. The third-order valence-corrected chi connectivity index (χ3v) is 5.47. The van der Waals surface area contributed by atoms with Crippen LogP contribution in [0.3, 0.4) is 0 Å². The number of nitrogens with two attached hydrogens (primary N) is 2. The third-order valence-electron chi connectivity index (χ3n) is 5.47. The van der Waals surface area contributed by atoms with Gasteiger partial charge >= 0.3 is 11.9 Å². The first-order valence-electron chi connectivity index (χ1n) is 11.4. The maximum absolute atomic E-state index is 12.6. The van der Waals surface area contributed by atoms with Crippen molar-refractivity contribution in [1.82, 2.24) is 20.9 Å². The van der Waals surface area contributed by atoms with Crippen molar-refractivity contribution < 1.29 is 39.0 Å². The zero-order valence-electron chi connectivity index (χ0n) is 19.9. The molecule has 14 heteroatoms. The number of carbonyl (C=O) groups excluding carboxylic acids is 4. The molecule has 0 aliphatic carbocycles. The van der Waals surface area contributed by atoms with Crippen molar-refractivity contribution in [2.75, 3.05) is 6.54 Å². The number of para-hydroxylation sites is 1. The molecule has 14 nitrogen and oxygen atoms in total. The number of carboxylic acid groups (broad SMARTS) is 2. The fourth-order valence-corrected chi connectivity index (χ4v) is 3.50. The first-order chi connectivity index (χ1) is 17.5. The van der Waals surface area contributed by atoms with Gasteiger partial charge in [-0.2, -0.15) is 0 Å². The lowest BCUT2D eigenvalue weighted by Crippen LogP contribution is -2.53. The lowest BCUT2D eigenvalue weighted by atomic mass is 10.0. The summed E-state index contributed by atoms with van der Waals surface area (Å²) >= 11 is 0. The van der Waals surface area contributed by atoms with E-state index in [0.29, 0.717) is 5.56 Å². The van der Waals surface area contributed by atoms with Crippen LogP contribution in [-0.4, -0.2) is 75.4 Å². The fourth-order valence-electron chi connectivity index (χ4n) is 3.50. The van der Waals surface area contributed by atoms with Crippen LogP contribution in [0.5, 0.6) is 0 Å². The van der Waals surface area contributed by atoms with E-state index in [1.54, 1.807) is 12.3 Å². The molecule has 3 unspecified atom stereocenters. The van der Waals surface area contributed by atoms with E-state index in [0.717, 1.165) is 10.9 Å². The average Bonchev–Trinajstić information content (AvgIpc) is 3.25. The van der Waals surface area contributed by atoms with Crippen molar-refractivity contribution in [3.05, 3.63) is 36.0 Å². The van der Waals surface area contributed by atoms with Crippen LogP contribution >= 0.6 is 0 Å². The number of aromatic amines is 1. The van der Waals surface area contributed by atoms with Crippen molar-refractivity contribution >= 4 is 46.5 Å². The van der Waals surface area contributed by atoms with E-state index < -0.39 is 66.7 Å². The lowest BCUT2D eigenvalue weighted by molar-refractivity contribution is -0.141. The van der Waals surface area contributed by atoms with Crippen LogP contribution in [0.15, 0.2) is 30.5 Å². The molecule has 0 saturated heterocycles. The Kier molecular flexibility index (Phi) is 10.6. The Labute approximate surface area is 211 Å². The zero-order chi connectivity index (χ0) is 27.5. The Morgan fingerprint density at radius 3 is 2.27 bits per heavy atom. The highest BCUT2D eigenvalue weighted by Gasteiger charge is 2.26. The molecule has 200 valence electrons. The van der Waals surface area contributed by atoms with Crippen LogP contribution in [0, 0.1) is 0 Å². The third kappa shape index (κ3) is 9.25. The highest BCUT2D eigenvalue weighted by atomic mass is 16.4. The monoisotopic (exact) mass is 518 g/mol. The van der Waals surface area contributed by atoms with E-state index in [9.17, 15) is 33.9 Å². The van der Waals surface area contributed by atoms with E-state index in [1.807, 2.05) is 18.2 Å². The van der Waals surface area contributed by atoms with Gasteiger partial charge in [-0.05, 0) is 24.5 Å². The number of hydrogen-bond acceptors (Lipinski definition) is 7. The summed E-state index contributed by atoms with van der Waals surface area (Å²) in [6.45, 7) is -0.621. The number of aliphatic carboxylic acids is 2. The van der Waals surface area contributed by atoms with Gasteiger partial charge in [-0.25, -0.2) is 4.79 Å². The van der Waals surface area contributed by atoms with Gasteiger partial charge in [0.05, 0.1) is 12.6 Å². The topological polar surface area (TPSA) is 247 Å². The minimum Gasteiger partial charge on any atom is -0.481 e. The van der Waals surface area contributed by atoms with E-state index in [-0.39, 0.29) is 25.7 Å². The van der Waals surface area contributed by atoms with E-state index in [1.165, 1.54) is 0 Å². The van der Waals surface area contributed by atoms with Crippen molar-refractivity contribution in [2.45, 2.75) is 50.2 Å². The molecule has 1 heterocycles. The second-order valence-electron chi connectivity index (χ2n) is 8.34. The molecular formula is C23H30N6O8. The second kappa shape index (κ2) is 13.6. The molecule has 0 radical (unpaired) electrons. The van der Waals surface area contributed by atoms with Crippen LogP contribution in [0.4, 0.5) is 0 Å². The summed E-state index contributed by atoms with van der Waals surface area (Å²) in [4.78, 5) is 73.8. The highest BCUT2D eigenvalue weighted by Crippen LogP contribution is 2.19. The Morgan fingerprint density at radius 1 is 0.919 bits per heavy atom. The van der Waals surface area contributed by atoms with Gasteiger partial charge < -0.3 is 42.6 Å². The number of aromatic nitrogens is 1. The number of amides is 4. The summed E-state index contributed by atoms with van der Waals surface area (Å²) in [5, 5.41) is 26.2. The maximum atomic E-state index is 12.6. The Bertz CT molecular complexity index is 1160. The quantitative estimate of drug-likeness (QED) is 0.134. The predicted octanol–water partition coefficient (Wildman–Crippen LogP) is -1.66. The van der Waals surface area contributed by atoms with Gasteiger partial charge in [0.15, 0.2) is 0 Å². The molecule has 0 saturated carbocycles. The van der Waals surface area contributed by atoms with Crippen molar-refractivity contribution in [3.8, 4) is 0 Å². The molecule has 1 aromatic carbocycles.